The van der Waals surface area contributed by atoms with Gasteiger partial charge < -0.3 is 13.9 Å². The van der Waals surface area contributed by atoms with Crippen LogP contribution in [0.2, 0.25) is 0 Å². The molecule has 2 aliphatic rings. The molecular formula is C18H23Cl2NO6. The number of rotatable bonds is 6. The molecule has 0 N–H and O–H groups in total. The highest BCUT2D eigenvalue weighted by Gasteiger charge is 2.69. The van der Waals surface area contributed by atoms with Gasteiger partial charge in [0, 0.05) is 0 Å². The van der Waals surface area contributed by atoms with E-state index >= 15 is 0 Å². The average molecular weight is 420 g/mol. The molecule has 9 heteroatoms. The van der Waals surface area contributed by atoms with Gasteiger partial charge in [0.05, 0.1) is 24.3 Å². The number of alkyl halides is 2. The predicted molar refractivity (Wildman–Crippen MR) is 98.0 cm³/mol. The van der Waals surface area contributed by atoms with Crippen molar-refractivity contribution >= 4 is 35.1 Å². The molecule has 27 heavy (non-hydrogen) atoms. The quantitative estimate of drug-likeness (QED) is 0.400. The average Bonchev–Trinajstić information content (AvgIpc) is 3.18. The summed E-state index contributed by atoms with van der Waals surface area (Å²) in [6, 6.07) is 0. The Labute approximate surface area is 166 Å². The van der Waals surface area contributed by atoms with Gasteiger partial charge in [-0.3, -0.25) is 4.79 Å². The van der Waals surface area contributed by atoms with E-state index < -0.39 is 21.5 Å². The Morgan fingerprint density at radius 3 is 2.63 bits per heavy atom. The van der Waals surface area contributed by atoms with Crippen LogP contribution in [0.4, 0.5) is 0 Å². The molecule has 0 saturated heterocycles. The minimum Gasteiger partial charge on any atom is -0.461 e. The van der Waals surface area contributed by atoms with Crippen LogP contribution >= 0.6 is 23.2 Å². The number of carbonyl (C=O) groups is 2. The second kappa shape index (κ2) is 6.94. The lowest BCUT2D eigenvalue weighted by molar-refractivity contribution is -0.147. The normalized spacial score (nSPS) is 29.1. The highest BCUT2D eigenvalue weighted by atomic mass is 35.5. The number of nitrogens with zero attached hydrogens (tertiary/aromatic N) is 1. The first-order valence-electron chi connectivity index (χ1n) is 8.89. The van der Waals surface area contributed by atoms with Gasteiger partial charge in [-0.15, -0.1) is 0 Å². The molecule has 150 valence electrons. The van der Waals surface area contributed by atoms with Crippen LogP contribution in [0.25, 0.3) is 0 Å². The van der Waals surface area contributed by atoms with Gasteiger partial charge in [0.25, 0.3) is 0 Å². The molecule has 2 bridgehead atoms. The van der Waals surface area contributed by atoms with Crippen molar-refractivity contribution < 1.29 is 23.5 Å². The van der Waals surface area contributed by atoms with Gasteiger partial charge in [0.1, 0.15) is 12.9 Å². The first-order chi connectivity index (χ1) is 12.5. The summed E-state index contributed by atoms with van der Waals surface area (Å²) in [6.45, 7) is 5.50. The lowest BCUT2D eigenvalue weighted by Crippen LogP contribution is -2.51. The van der Waals surface area contributed by atoms with Gasteiger partial charge in [0.2, 0.25) is 10.2 Å². The largest absolute Gasteiger partial charge is 0.461 e. The van der Waals surface area contributed by atoms with Crippen LogP contribution in [0.1, 0.15) is 44.8 Å². The zero-order valence-electron chi connectivity index (χ0n) is 15.5. The monoisotopic (exact) mass is 419 g/mol. The maximum atomic E-state index is 13.3. The third-order valence-corrected chi connectivity index (χ3v) is 6.58. The van der Waals surface area contributed by atoms with Crippen LogP contribution in [-0.2, 0) is 14.3 Å². The first kappa shape index (κ1) is 20.4. The molecule has 7 nitrogen and oxygen atoms in total. The SMILES string of the molecule is CC(Cl)(Cl)C(=O)OCCO[C@@H]1C[C@H]2CC[C@]1(C(=O)n1ccoc1=O)C2(C)C. The van der Waals surface area contributed by atoms with Crippen molar-refractivity contribution in [2.45, 2.75) is 50.5 Å². The van der Waals surface area contributed by atoms with E-state index in [1.54, 1.807) is 0 Å². The Morgan fingerprint density at radius 1 is 1.37 bits per heavy atom. The fraction of sp³-hybridized carbons (Fsp3) is 0.722. The number of fused-ring (bicyclic) bond motifs is 2. The first-order valence-corrected chi connectivity index (χ1v) is 9.65. The number of hydrogen-bond acceptors (Lipinski definition) is 6. The lowest BCUT2D eigenvalue weighted by atomic mass is 9.67. The lowest BCUT2D eigenvalue weighted by Gasteiger charge is -2.40. The van der Waals surface area contributed by atoms with Crippen LogP contribution < -0.4 is 5.76 Å². The fourth-order valence-corrected chi connectivity index (χ4v) is 4.82. The Balaban J connectivity index is 1.74. The molecule has 2 aliphatic carbocycles. The Bertz CT molecular complexity index is 792. The topological polar surface area (TPSA) is 87.7 Å². The minimum atomic E-state index is -1.62. The van der Waals surface area contributed by atoms with Gasteiger partial charge in [-0.2, -0.15) is 0 Å². The molecule has 0 aromatic carbocycles. The maximum absolute atomic E-state index is 13.3. The summed E-state index contributed by atoms with van der Waals surface area (Å²) >= 11 is 11.4. The molecule has 2 fully saturated rings. The van der Waals surface area contributed by atoms with Crippen LogP contribution in [-0.4, -0.2) is 40.1 Å². The van der Waals surface area contributed by atoms with Crippen molar-refractivity contribution in [3.63, 3.8) is 0 Å². The summed E-state index contributed by atoms with van der Waals surface area (Å²) in [6.07, 6.45) is 4.42. The Kier molecular flexibility index (Phi) is 5.25. The molecule has 1 aromatic rings. The molecule has 3 rings (SSSR count). The Morgan fingerprint density at radius 2 is 2.07 bits per heavy atom. The standard InChI is InChI=1S/C18H23Cl2NO6/c1-16(2)11-4-5-18(16,13(22)21-6-7-27-15(21)24)12(10-11)25-8-9-26-14(23)17(3,19)20/h6-7,11-12H,4-5,8-10H2,1-3H3/t11-,12-,18+/m1/s1. The van der Waals surface area contributed by atoms with Crippen LogP contribution in [0.15, 0.2) is 21.7 Å². The number of oxazole rings is 1. The van der Waals surface area contributed by atoms with Crippen LogP contribution in [0.5, 0.6) is 0 Å². The number of aromatic nitrogens is 1. The van der Waals surface area contributed by atoms with E-state index in [1.807, 2.05) is 13.8 Å². The summed E-state index contributed by atoms with van der Waals surface area (Å²) in [5, 5.41) is 0. The predicted octanol–water partition coefficient (Wildman–Crippen LogP) is 3.03. The number of carbonyl (C=O) groups excluding carboxylic acids is 2. The van der Waals surface area contributed by atoms with E-state index in [0.29, 0.717) is 18.8 Å². The van der Waals surface area contributed by atoms with Crippen molar-refractivity contribution in [3.05, 3.63) is 23.0 Å². The molecule has 0 aliphatic heterocycles. The van der Waals surface area contributed by atoms with Gasteiger partial charge in [-0.25, -0.2) is 14.2 Å². The van der Waals surface area contributed by atoms with E-state index in [9.17, 15) is 14.4 Å². The fourth-order valence-electron chi connectivity index (χ4n) is 4.71. The second-order valence-corrected chi connectivity index (χ2v) is 9.60. The third-order valence-electron chi connectivity index (χ3n) is 6.28. The molecule has 3 atom stereocenters. The summed E-state index contributed by atoms with van der Waals surface area (Å²) in [7, 11) is 0. The summed E-state index contributed by atoms with van der Waals surface area (Å²) in [5.41, 5.74) is -1.16. The molecule has 0 spiro atoms. The zero-order chi connectivity index (χ0) is 20.0. The molecule has 0 unspecified atom stereocenters. The summed E-state index contributed by atoms with van der Waals surface area (Å²) in [5.74, 6) is -1.44. The van der Waals surface area contributed by atoms with Crippen LogP contribution in [0, 0.1) is 16.7 Å². The van der Waals surface area contributed by atoms with E-state index in [1.165, 1.54) is 19.4 Å². The summed E-state index contributed by atoms with van der Waals surface area (Å²) < 4.78 is 15.1. The van der Waals surface area contributed by atoms with Gasteiger partial charge >= 0.3 is 11.7 Å². The van der Waals surface area contributed by atoms with Crippen molar-refractivity contribution in [2.24, 2.45) is 16.7 Å². The van der Waals surface area contributed by atoms with Crippen molar-refractivity contribution in [1.82, 2.24) is 4.57 Å². The van der Waals surface area contributed by atoms with Crippen LogP contribution in [0.3, 0.4) is 0 Å². The van der Waals surface area contributed by atoms with E-state index in [0.717, 1.165) is 11.0 Å². The molecule has 1 heterocycles. The number of ether oxygens (including phenoxy) is 2. The maximum Gasteiger partial charge on any atom is 0.425 e. The van der Waals surface area contributed by atoms with Gasteiger partial charge in [-0.05, 0) is 37.5 Å². The second-order valence-electron chi connectivity index (χ2n) is 7.89. The molecule has 0 radical (unpaired) electrons. The summed E-state index contributed by atoms with van der Waals surface area (Å²) in [4.78, 5) is 36.8. The smallest absolute Gasteiger partial charge is 0.425 e. The van der Waals surface area contributed by atoms with Crippen molar-refractivity contribution in [2.75, 3.05) is 13.2 Å². The van der Waals surface area contributed by atoms with Gasteiger partial charge in [-0.1, -0.05) is 37.0 Å². The minimum absolute atomic E-state index is 0.0224. The molecule has 1 aromatic heterocycles. The van der Waals surface area contributed by atoms with E-state index in [4.69, 9.17) is 37.1 Å². The van der Waals surface area contributed by atoms with Crippen molar-refractivity contribution in [3.8, 4) is 0 Å². The molecule has 2 saturated carbocycles. The number of esters is 1. The highest BCUT2D eigenvalue weighted by molar-refractivity contribution is 6.57. The van der Waals surface area contributed by atoms with Crippen molar-refractivity contribution in [1.29, 1.82) is 0 Å². The van der Waals surface area contributed by atoms with E-state index in [-0.39, 0.29) is 30.6 Å². The zero-order valence-corrected chi connectivity index (χ0v) is 17.0. The number of hydrogen-bond donors (Lipinski definition) is 0. The molecular weight excluding hydrogens is 397 g/mol. The Hall–Kier alpha value is -1.31. The van der Waals surface area contributed by atoms with E-state index in [2.05, 4.69) is 0 Å². The molecule has 0 amide bonds. The van der Waals surface area contributed by atoms with Gasteiger partial charge in [0.15, 0.2) is 0 Å². The number of halogens is 2. The third kappa shape index (κ3) is 3.23. The highest BCUT2D eigenvalue weighted by Crippen LogP contribution is 2.67.